The molecule has 0 aliphatic carbocycles. The number of carbonyl (C=O) groups excluding carboxylic acids is 1. The third kappa shape index (κ3) is 2.88. The molecule has 0 radical (unpaired) electrons. The van der Waals surface area contributed by atoms with E-state index in [1.807, 2.05) is 19.9 Å². The number of hydrogen-bond donors (Lipinski definition) is 2. The van der Waals surface area contributed by atoms with Gasteiger partial charge in [-0.3, -0.25) is 4.79 Å². The lowest BCUT2D eigenvalue weighted by molar-refractivity contribution is 0.0876. The van der Waals surface area contributed by atoms with E-state index >= 15 is 0 Å². The summed E-state index contributed by atoms with van der Waals surface area (Å²) in [4.78, 5) is 12.1. The van der Waals surface area contributed by atoms with Crippen LogP contribution in [0.25, 0.3) is 0 Å². The van der Waals surface area contributed by atoms with E-state index in [0.717, 1.165) is 17.7 Å². The van der Waals surface area contributed by atoms with Crippen LogP contribution in [0.5, 0.6) is 0 Å². The average molecular weight is 263 g/mol. The van der Waals surface area contributed by atoms with Crippen LogP contribution >= 0.6 is 0 Å². The van der Waals surface area contributed by atoms with Gasteiger partial charge in [0.15, 0.2) is 5.76 Å². The van der Waals surface area contributed by atoms with Crippen LogP contribution in [0.1, 0.15) is 40.6 Å². The molecule has 0 aliphatic heterocycles. The SMILES string of the molecule is CCc1cc(C)c(C(=O)NC(CO)c2ccco2)o1. The Kier molecular flexibility index (Phi) is 4.06. The maximum Gasteiger partial charge on any atom is 0.287 e. The zero-order chi connectivity index (χ0) is 13.8. The van der Waals surface area contributed by atoms with Gasteiger partial charge in [0.25, 0.3) is 5.91 Å². The molecule has 0 aromatic carbocycles. The van der Waals surface area contributed by atoms with Crippen LogP contribution in [-0.2, 0) is 6.42 Å². The zero-order valence-corrected chi connectivity index (χ0v) is 11.0. The molecule has 2 N–H and O–H groups in total. The number of aliphatic hydroxyl groups excluding tert-OH is 1. The minimum Gasteiger partial charge on any atom is -0.467 e. The van der Waals surface area contributed by atoms with E-state index in [-0.39, 0.29) is 18.3 Å². The van der Waals surface area contributed by atoms with Crippen LogP contribution in [0.15, 0.2) is 33.3 Å². The van der Waals surface area contributed by atoms with Gasteiger partial charge in [-0.15, -0.1) is 0 Å². The highest BCUT2D eigenvalue weighted by atomic mass is 16.4. The predicted molar refractivity (Wildman–Crippen MR) is 68.8 cm³/mol. The van der Waals surface area contributed by atoms with Gasteiger partial charge in [0.05, 0.1) is 12.9 Å². The third-order valence-electron chi connectivity index (χ3n) is 2.90. The van der Waals surface area contributed by atoms with Gasteiger partial charge in [-0.2, -0.15) is 0 Å². The van der Waals surface area contributed by atoms with Crippen LogP contribution in [0, 0.1) is 6.92 Å². The Morgan fingerprint density at radius 1 is 1.53 bits per heavy atom. The van der Waals surface area contributed by atoms with Crippen molar-refractivity contribution in [2.75, 3.05) is 6.61 Å². The molecule has 1 amide bonds. The maximum atomic E-state index is 12.1. The summed E-state index contributed by atoms with van der Waals surface area (Å²) in [5.41, 5.74) is 0.783. The summed E-state index contributed by atoms with van der Waals surface area (Å²) in [6, 6.07) is 4.68. The van der Waals surface area contributed by atoms with Crippen LogP contribution in [-0.4, -0.2) is 17.6 Å². The molecule has 1 atom stereocenters. The predicted octanol–water partition coefficient (Wildman–Crippen LogP) is 2.21. The molecule has 5 nitrogen and oxygen atoms in total. The van der Waals surface area contributed by atoms with Crippen LogP contribution in [0.2, 0.25) is 0 Å². The van der Waals surface area contributed by atoms with E-state index in [0.29, 0.717) is 5.76 Å². The van der Waals surface area contributed by atoms with E-state index < -0.39 is 6.04 Å². The normalized spacial score (nSPS) is 12.4. The molecule has 1 unspecified atom stereocenters. The quantitative estimate of drug-likeness (QED) is 0.867. The Hall–Kier alpha value is -2.01. The molecule has 19 heavy (non-hydrogen) atoms. The fraction of sp³-hybridized carbons (Fsp3) is 0.357. The molecule has 0 saturated heterocycles. The van der Waals surface area contributed by atoms with Crippen molar-refractivity contribution < 1.29 is 18.7 Å². The van der Waals surface area contributed by atoms with E-state index in [2.05, 4.69) is 5.32 Å². The highest BCUT2D eigenvalue weighted by Gasteiger charge is 2.21. The Morgan fingerprint density at radius 3 is 2.84 bits per heavy atom. The van der Waals surface area contributed by atoms with E-state index in [1.54, 1.807) is 12.1 Å². The van der Waals surface area contributed by atoms with Gasteiger partial charge in [-0.25, -0.2) is 0 Å². The monoisotopic (exact) mass is 263 g/mol. The Morgan fingerprint density at radius 2 is 2.32 bits per heavy atom. The second-order valence-electron chi connectivity index (χ2n) is 4.30. The van der Waals surface area contributed by atoms with Crippen molar-refractivity contribution in [2.24, 2.45) is 0 Å². The first-order chi connectivity index (χ1) is 9.15. The van der Waals surface area contributed by atoms with Crippen LogP contribution in [0.4, 0.5) is 0 Å². The van der Waals surface area contributed by atoms with Gasteiger partial charge in [-0.05, 0) is 25.1 Å². The number of rotatable bonds is 5. The molecule has 0 aliphatic rings. The van der Waals surface area contributed by atoms with E-state index in [9.17, 15) is 9.90 Å². The number of carbonyl (C=O) groups is 1. The van der Waals surface area contributed by atoms with Crippen molar-refractivity contribution in [1.29, 1.82) is 0 Å². The first-order valence-corrected chi connectivity index (χ1v) is 6.20. The molecule has 0 fully saturated rings. The summed E-state index contributed by atoms with van der Waals surface area (Å²) in [6.45, 7) is 3.54. The lowest BCUT2D eigenvalue weighted by Crippen LogP contribution is -2.30. The molecule has 5 heteroatoms. The molecule has 0 saturated carbocycles. The minimum atomic E-state index is -0.572. The molecule has 102 valence electrons. The first-order valence-electron chi connectivity index (χ1n) is 6.20. The fourth-order valence-electron chi connectivity index (χ4n) is 1.87. The van der Waals surface area contributed by atoms with Crippen molar-refractivity contribution in [3.63, 3.8) is 0 Å². The molecule has 2 heterocycles. The number of aliphatic hydroxyl groups is 1. The molecule has 0 spiro atoms. The third-order valence-corrected chi connectivity index (χ3v) is 2.90. The molecule has 2 aromatic heterocycles. The van der Waals surface area contributed by atoms with Gasteiger partial charge >= 0.3 is 0 Å². The Balaban J connectivity index is 2.13. The smallest absolute Gasteiger partial charge is 0.287 e. The summed E-state index contributed by atoms with van der Waals surface area (Å²) in [6.07, 6.45) is 2.23. The Bertz CT molecular complexity index is 542. The highest BCUT2D eigenvalue weighted by molar-refractivity contribution is 5.93. The number of amides is 1. The van der Waals surface area contributed by atoms with Gasteiger partial charge < -0.3 is 19.3 Å². The molecule has 2 aromatic rings. The lowest BCUT2D eigenvalue weighted by Gasteiger charge is -2.13. The zero-order valence-electron chi connectivity index (χ0n) is 11.0. The molecule has 2 rings (SSSR count). The topological polar surface area (TPSA) is 75.6 Å². The summed E-state index contributed by atoms with van der Waals surface area (Å²) in [7, 11) is 0. The van der Waals surface area contributed by atoms with Crippen molar-refractivity contribution in [2.45, 2.75) is 26.3 Å². The second kappa shape index (κ2) is 5.75. The largest absolute Gasteiger partial charge is 0.467 e. The number of hydrogen-bond acceptors (Lipinski definition) is 4. The number of nitrogens with one attached hydrogen (secondary N) is 1. The van der Waals surface area contributed by atoms with Crippen molar-refractivity contribution in [3.8, 4) is 0 Å². The average Bonchev–Trinajstić information content (AvgIpc) is 3.04. The fourth-order valence-corrected chi connectivity index (χ4v) is 1.87. The number of furan rings is 2. The number of aryl methyl sites for hydroxylation is 2. The highest BCUT2D eigenvalue weighted by Crippen LogP contribution is 2.18. The van der Waals surface area contributed by atoms with Crippen molar-refractivity contribution >= 4 is 5.91 Å². The maximum absolute atomic E-state index is 12.1. The van der Waals surface area contributed by atoms with Gasteiger partial charge in [-0.1, -0.05) is 6.92 Å². The standard InChI is InChI=1S/C14H17NO4/c1-3-10-7-9(2)13(19-10)14(17)15-11(8-16)12-5-4-6-18-12/h4-7,11,16H,3,8H2,1-2H3,(H,15,17). The summed E-state index contributed by atoms with van der Waals surface area (Å²) >= 11 is 0. The van der Waals surface area contributed by atoms with E-state index in [4.69, 9.17) is 8.83 Å². The van der Waals surface area contributed by atoms with Gasteiger partial charge in [0.2, 0.25) is 0 Å². The molecular formula is C14H17NO4. The van der Waals surface area contributed by atoms with Gasteiger partial charge in [0, 0.05) is 12.0 Å². The Labute approximate surface area is 111 Å². The van der Waals surface area contributed by atoms with E-state index in [1.165, 1.54) is 6.26 Å². The van der Waals surface area contributed by atoms with Crippen molar-refractivity contribution in [1.82, 2.24) is 5.32 Å². The summed E-state index contributed by atoms with van der Waals surface area (Å²) in [5.74, 6) is 1.20. The van der Waals surface area contributed by atoms with Crippen molar-refractivity contribution in [3.05, 3.63) is 47.3 Å². The molecule has 0 bridgehead atoms. The lowest BCUT2D eigenvalue weighted by atomic mass is 10.2. The summed E-state index contributed by atoms with van der Waals surface area (Å²) in [5, 5.41) is 12.0. The summed E-state index contributed by atoms with van der Waals surface area (Å²) < 4.78 is 10.6. The minimum absolute atomic E-state index is 0.236. The second-order valence-corrected chi connectivity index (χ2v) is 4.30. The van der Waals surface area contributed by atoms with Crippen LogP contribution in [0.3, 0.4) is 0 Å². The molecular weight excluding hydrogens is 246 g/mol. The first kappa shape index (κ1) is 13.4. The van der Waals surface area contributed by atoms with Gasteiger partial charge in [0.1, 0.15) is 17.6 Å². The van der Waals surface area contributed by atoms with Crippen LogP contribution < -0.4 is 5.32 Å².